The standard InChI is InChI=1S/C29H35N3O4S/c1-21-8-14-26(15-9-21)32(37(35)36)18-23-10-12-24(13-11-23)22(2)29(34)30-28(25-6-4-3-5-7-25)20-31-17-16-27(33)19-31/h3-15,22,27-28,33H,16-20H2,1-2H3,(H,30,34)(H,35,36). The highest BCUT2D eigenvalue weighted by Crippen LogP contribution is 2.23. The Morgan fingerprint density at radius 1 is 1.05 bits per heavy atom. The molecule has 1 aliphatic rings. The molecular weight excluding hydrogens is 486 g/mol. The molecule has 3 aromatic carbocycles. The van der Waals surface area contributed by atoms with Crippen LogP contribution in [0.4, 0.5) is 5.69 Å². The van der Waals surface area contributed by atoms with Gasteiger partial charge in [-0.05, 0) is 49.1 Å². The quantitative estimate of drug-likeness (QED) is 0.348. The molecule has 8 heteroatoms. The van der Waals surface area contributed by atoms with E-state index in [-0.39, 0.29) is 30.5 Å². The van der Waals surface area contributed by atoms with Crippen LogP contribution < -0.4 is 9.62 Å². The Hall–Kier alpha value is -3.04. The predicted octanol–water partition coefficient (Wildman–Crippen LogP) is 4.17. The van der Waals surface area contributed by atoms with Crippen LogP contribution in [0.5, 0.6) is 0 Å². The summed E-state index contributed by atoms with van der Waals surface area (Å²) in [6, 6.07) is 24.8. The third-order valence-electron chi connectivity index (χ3n) is 6.92. The molecule has 196 valence electrons. The zero-order valence-corrected chi connectivity index (χ0v) is 22.1. The van der Waals surface area contributed by atoms with Gasteiger partial charge < -0.3 is 10.4 Å². The number of β-amino-alcohol motifs (C(OH)–C–C–N with tert-alkyl or cyclic N) is 1. The van der Waals surface area contributed by atoms with Gasteiger partial charge in [-0.2, -0.15) is 0 Å². The SMILES string of the molecule is Cc1ccc(N(Cc2ccc(C(C)C(=O)NC(CN3CCC(O)C3)c3ccccc3)cc2)S(=O)O)cc1. The van der Waals surface area contributed by atoms with Crippen molar-refractivity contribution in [3.05, 3.63) is 101 Å². The Bertz CT molecular complexity index is 1190. The van der Waals surface area contributed by atoms with Crippen LogP contribution in [-0.4, -0.2) is 50.4 Å². The van der Waals surface area contributed by atoms with Crippen molar-refractivity contribution in [2.24, 2.45) is 0 Å². The van der Waals surface area contributed by atoms with Crippen molar-refractivity contribution in [2.45, 2.75) is 44.9 Å². The van der Waals surface area contributed by atoms with Gasteiger partial charge in [-0.1, -0.05) is 72.3 Å². The van der Waals surface area contributed by atoms with Gasteiger partial charge in [0.05, 0.1) is 30.3 Å². The van der Waals surface area contributed by atoms with E-state index in [4.69, 9.17) is 0 Å². The molecule has 3 N–H and O–H groups in total. The van der Waals surface area contributed by atoms with Crippen LogP contribution in [0, 0.1) is 6.92 Å². The second-order valence-corrected chi connectivity index (χ2v) is 10.6. The van der Waals surface area contributed by atoms with E-state index in [0.717, 1.165) is 35.2 Å². The van der Waals surface area contributed by atoms with Crippen molar-refractivity contribution in [1.82, 2.24) is 10.2 Å². The Balaban J connectivity index is 1.43. The minimum absolute atomic E-state index is 0.0703. The first kappa shape index (κ1) is 27.0. The molecule has 0 radical (unpaired) electrons. The van der Waals surface area contributed by atoms with Crippen LogP contribution in [-0.2, 0) is 22.6 Å². The topological polar surface area (TPSA) is 93.1 Å². The molecule has 0 bridgehead atoms. The molecule has 1 amide bonds. The molecule has 0 spiro atoms. The number of hydrogen-bond donors (Lipinski definition) is 3. The number of likely N-dealkylation sites (tertiary alicyclic amines) is 1. The lowest BCUT2D eigenvalue weighted by atomic mass is 9.97. The number of aryl methyl sites for hydroxylation is 1. The van der Waals surface area contributed by atoms with Crippen LogP contribution >= 0.6 is 0 Å². The van der Waals surface area contributed by atoms with Crippen molar-refractivity contribution >= 4 is 22.9 Å². The van der Waals surface area contributed by atoms with Gasteiger partial charge in [0.15, 0.2) is 0 Å². The molecule has 1 saturated heterocycles. The van der Waals surface area contributed by atoms with Crippen molar-refractivity contribution in [3.8, 4) is 0 Å². The zero-order valence-electron chi connectivity index (χ0n) is 21.3. The van der Waals surface area contributed by atoms with Crippen LogP contribution in [0.2, 0.25) is 0 Å². The van der Waals surface area contributed by atoms with Crippen molar-refractivity contribution < 1.29 is 18.7 Å². The van der Waals surface area contributed by atoms with Crippen molar-refractivity contribution in [2.75, 3.05) is 23.9 Å². The van der Waals surface area contributed by atoms with E-state index in [0.29, 0.717) is 18.8 Å². The average Bonchev–Trinajstić information content (AvgIpc) is 3.32. The average molecular weight is 522 g/mol. The Morgan fingerprint density at radius 3 is 2.32 bits per heavy atom. The monoisotopic (exact) mass is 521 g/mol. The molecule has 3 aromatic rings. The normalized spacial score (nSPS) is 18.2. The van der Waals surface area contributed by atoms with E-state index in [9.17, 15) is 18.7 Å². The largest absolute Gasteiger partial charge is 0.392 e. The highest BCUT2D eigenvalue weighted by molar-refractivity contribution is 7.80. The second kappa shape index (κ2) is 12.5. The van der Waals surface area contributed by atoms with Crippen LogP contribution in [0.1, 0.15) is 47.6 Å². The van der Waals surface area contributed by atoms with Gasteiger partial charge >= 0.3 is 0 Å². The third kappa shape index (κ3) is 7.26. The Labute approximate surface area is 221 Å². The fourth-order valence-electron chi connectivity index (χ4n) is 4.63. The van der Waals surface area contributed by atoms with Crippen LogP contribution in [0.25, 0.3) is 0 Å². The van der Waals surface area contributed by atoms with Gasteiger partial charge in [0.2, 0.25) is 5.91 Å². The summed E-state index contributed by atoms with van der Waals surface area (Å²) in [6.45, 7) is 6.20. The fourth-order valence-corrected chi connectivity index (χ4v) is 5.19. The van der Waals surface area contributed by atoms with E-state index < -0.39 is 11.3 Å². The summed E-state index contributed by atoms with van der Waals surface area (Å²) in [5, 5.41) is 13.1. The molecule has 0 saturated carbocycles. The Kier molecular flexibility index (Phi) is 9.10. The molecule has 1 aliphatic heterocycles. The lowest BCUT2D eigenvalue weighted by molar-refractivity contribution is -0.123. The predicted molar refractivity (Wildman–Crippen MR) is 147 cm³/mol. The van der Waals surface area contributed by atoms with E-state index >= 15 is 0 Å². The zero-order chi connectivity index (χ0) is 26.4. The Morgan fingerprint density at radius 2 is 1.73 bits per heavy atom. The number of nitrogens with one attached hydrogen (secondary N) is 1. The summed E-state index contributed by atoms with van der Waals surface area (Å²) in [5.74, 6) is -0.441. The maximum Gasteiger partial charge on any atom is 0.262 e. The fraction of sp³-hybridized carbons (Fsp3) is 0.345. The number of rotatable bonds is 10. The van der Waals surface area contributed by atoms with Gasteiger partial charge in [0, 0.05) is 19.6 Å². The van der Waals surface area contributed by atoms with Gasteiger partial charge in [-0.25, -0.2) is 4.21 Å². The summed E-state index contributed by atoms with van der Waals surface area (Å²) in [6.07, 6.45) is 0.443. The maximum atomic E-state index is 13.3. The highest BCUT2D eigenvalue weighted by Gasteiger charge is 2.26. The highest BCUT2D eigenvalue weighted by atomic mass is 32.2. The molecule has 0 aliphatic carbocycles. The number of hydrogen-bond acceptors (Lipinski definition) is 4. The summed E-state index contributed by atoms with van der Waals surface area (Å²) in [4.78, 5) is 15.5. The summed E-state index contributed by atoms with van der Waals surface area (Å²) in [7, 11) is 0. The lowest BCUT2D eigenvalue weighted by Gasteiger charge is -2.26. The number of nitrogens with zero attached hydrogens (tertiary/aromatic N) is 2. The van der Waals surface area contributed by atoms with Crippen molar-refractivity contribution in [3.63, 3.8) is 0 Å². The van der Waals surface area contributed by atoms with Crippen LogP contribution in [0.15, 0.2) is 78.9 Å². The lowest BCUT2D eigenvalue weighted by Crippen LogP contribution is -2.39. The van der Waals surface area contributed by atoms with E-state index in [1.165, 1.54) is 4.31 Å². The van der Waals surface area contributed by atoms with Gasteiger partial charge in [-0.3, -0.25) is 18.6 Å². The number of aliphatic hydroxyl groups excluding tert-OH is 1. The summed E-state index contributed by atoms with van der Waals surface area (Å²) in [5.41, 5.74) is 4.52. The summed E-state index contributed by atoms with van der Waals surface area (Å²) < 4.78 is 23.2. The number of benzene rings is 3. The molecule has 0 aromatic heterocycles. The number of carbonyl (C=O) groups is 1. The van der Waals surface area contributed by atoms with Crippen molar-refractivity contribution in [1.29, 1.82) is 0 Å². The number of anilines is 1. The molecule has 4 atom stereocenters. The minimum Gasteiger partial charge on any atom is -0.392 e. The molecule has 1 heterocycles. The number of amides is 1. The summed E-state index contributed by atoms with van der Waals surface area (Å²) >= 11 is -2.16. The molecule has 4 rings (SSSR count). The van der Waals surface area contributed by atoms with Crippen LogP contribution in [0.3, 0.4) is 0 Å². The van der Waals surface area contributed by atoms with E-state index in [2.05, 4.69) is 10.2 Å². The third-order valence-corrected chi connectivity index (χ3v) is 7.63. The first-order chi connectivity index (χ1) is 17.8. The van der Waals surface area contributed by atoms with E-state index in [1.54, 1.807) is 0 Å². The van der Waals surface area contributed by atoms with Gasteiger partial charge in [0.1, 0.15) is 0 Å². The number of aliphatic hydroxyl groups is 1. The van der Waals surface area contributed by atoms with Gasteiger partial charge in [0.25, 0.3) is 11.3 Å². The first-order valence-corrected chi connectivity index (χ1v) is 13.7. The first-order valence-electron chi connectivity index (χ1n) is 12.6. The molecule has 7 nitrogen and oxygen atoms in total. The smallest absolute Gasteiger partial charge is 0.262 e. The molecule has 4 unspecified atom stereocenters. The molecule has 1 fully saturated rings. The van der Waals surface area contributed by atoms with E-state index in [1.807, 2.05) is 92.7 Å². The second-order valence-electron chi connectivity index (χ2n) is 9.74. The minimum atomic E-state index is -2.16. The molecule has 37 heavy (non-hydrogen) atoms. The maximum absolute atomic E-state index is 13.3. The number of carbonyl (C=O) groups excluding carboxylic acids is 1. The molecular formula is C29H35N3O4S. The van der Waals surface area contributed by atoms with Gasteiger partial charge in [-0.15, -0.1) is 0 Å².